The van der Waals surface area contributed by atoms with Gasteiger partial charge in [0.25, 0.3) is 5.91 Å². The summed E-state index contributed by atoms with van der Waals surface area (Å²) in [4.78, 5) is 17.1. The van der Waals surface area contributed by atoms with Crippen molar-refractivity contribution in [3.05, 3.63) is 85.8 Å². The predicted octanol–water partition coefficient (Wildman–Crippen LogP) is 6.21. The number of nitrogens with one attached hydrogen (secondary N) is 1. The average Bonchev–Trinajstić information content (AvgIpc) is 3.14. The summed E-state index contributed by atoms with van der Waals surface area (Å²) in [5.74, 6) is -0.128. The van der Waals surface area contributed by atoms with Crippen LogP contribution in [0.2, 0.25) is 5.02 Å². The molecule has 0 saturated heterocycles. The number of hydrogen-bond acceptors (Lipinski definition) is 5. The minimum Gasteiger partial charge on any atom is -0.506 e. The van der Waals surface area contributed by atoms with Crippen molar-refractivity contribution in [2.45, 2.75) is 11.7 Å². The van der Waals surface area contributed by atoms with Gasteiger partial charge >= 0.3 is 0 Å². The summed E-state index contributed by atoms with van der Waals surface area (Å²) in [5, 5.41) is 15.4. The molecule has 33 heavy (non-hydrogen) atoms. The number of carbonyl (C=O) groups excluding carboxylic acids is 1. The van der Waals surface area contributed by atoms with E-state index in [1.54, 1.807) is 12.1 Å². The molecule has 0 fully saturated rings. The van der Waals surface area contributed by atoms with E-state index in [9.17, 15) is 9.90 Å². The lowest BCUT2D eigenvalue weighted by molar-refractivity contribution is -0.118. The maximum atomic E-state index is 12.4. The van der Waals surface area contributed by atoms with Gasteiger partial charge < -0.3 is 9.67 Å². The third-order valence-corrected chi connectivity index (χ3v) is 7.10. The standard InChI is InChI=1S/C23H17Br2ClN4O2S/c24-16-9-15(22(32)17(25)10-16)11-27-29-21(31)13-33-23-28-19-7-3-4-8-20(19)30(23)12-14-5-1-2-6-18(14)26/h1-11,32H,12-13H2,(H,29,31)/b27-11-. The number of thioether (sulfide) groups is 1. The number of amides is 1. The van der Waals surface area contributed by atoms with E-state index in [1.165, 1.54) is 18.0 Å². The second-order valence-corrected chi connectivity index (χ2v) is 10.1. The van der Waals surface area contributed by atoms with Crippen molar-refractivity contribution in [1.29, 1.82) is 0 Å². The fourth-order valence-electron chi connectivity index (χ4n) is 3.13. The molecule has 1 heterocycles. The highest BCUT2D eigenvalue weighted by Crippen LogP contribution is 2.30. The molecule has 0 radical (unpaired) electrons. The van der Waals surface area contributed by atoms with Gasteiger partial charge in [0.05, 0.1) is 34.0 Å². The van der Waals surface area contributed by atoms with Crippen LogP contribution in [0.3, 0.4) is 0 Å². The first-order chi connectivity index (χ1) is 15.9. The van der Waals surface area contributed by atoms with Gasteiger partial charge in [0.2, 0.25) is 0 Å². The van der Waals surface area contributed by atoms with Crippen LogP contribution >= 0.6 is 55.2 Å². The Morgan fingerprint density at radius 1 is 1.18 bits per heavy atom. The number of phenols is 1. The van der Waals surface area contributed by atoms with Gasteiger partial charge in [0, 0.05) is 15.1 Å². The SMILES string of the molecule is O=C(CSc1nc2ccccc2n1Cc1ccccc1Cl)N/N=C\c1cc(Br)cc(Br)c1O. The Morgan fingerprint density at radius 2 is 1.94 bits per heavy atom. The molecule has 0 saturated carbocycles. The number of hydrazone groups is 1. The maximum Gasteiger partial charge on any atom is 0.250 e. The van der Waals surface area contributed by atoms with Gasteiger partial charge in [0.1, 0.15) is 5.75 Å². The molecule has 1 amide bonds. The second-order valence-electron chi connectivity index (χ2n) is 6.97. The topological polar surface area (TPSA) is 79.5 Å². The lowest BCUT2D eigenvalue weighted by atomic mass is 10.2. The molecular formula is C23H17Br2ClN4O2S. The van der Waals surface area contributed by atoms with E-state index in [1.807, 2.05) is 48.5 Å². The van der Waals surface area contributed by atoms with Crippen LogP contribution in [0, 0.1) is 0 Å². The monoisotopic (exact) mass is 606 g/mol. The zero-order valence-corrected chi connectivity index (χ0v) is 21.7. The molecule has 2 N–H and O–H groups in total. The summed E-state index contributed by atoms with van der Waals surface area (Å²) in [6.45, 7) is 0.541. The molecular weight excluding hydrogens is 592 g/mol. The molecule has 6 nitrogen and oxygen atoms in total. The van der Waals surface area contributed by atoms with Crippen molar-refractivity contribution in [3.8, 4) is 5.75 Å². The van der Waals surface area contributed by atoms with E-state index in [-0.39, 0.29) is 17.4 Å². The summed E-state index contributed by atoms with van der Waals surface area (Å²) in [5.41, 5.74) is 5.74. The molecule has 0 aliphatic heterocycles. The van der Waals surface area contributed by atoms with Crippen LogP contribution in [-0.4, -0.2) is 32.5 Å². The molecule has 3 aromatic carbocycles. The minimum absolute atomic E-state index is 0.0406. The fourth-order valence-corrected chi connectivity index (χ4v) is 5.39. The van der Waals surface area contributed by atoms with Gasteiger partial charge in [-0.3, -0.25) is 4.79 Å². The summed E-state index contributed by atoms with van der Waals surface area (Å²) in [6, 6.07) is 18.9. The van der Waals surface area contributed by atoms with Crippen LogP contribution in [0.15, 0.2) is 79.9 Å². The number of rotatable bonds is 7. The van der Waals surface area contributed by atoms with Crippen LogP contribution in [0.5, 0.6) is 5.75 Å². The van der Waals surface area contributed by atoms with E-state index in [2.05, 4.69) is 47.0 Å². The minimum atomic E-state index is -0.291. The van der Waals surface area contributed by atoms with Gasteiger partial charge in [-0.25, -0.2) is 10.4 Å². The maximum absolute atomic E-state index is 12.4. The molecule has 0 aliphatic carbocycles. The third-order valence-electron chi connectivity index (χ3n) is 4.69. The number of para-hydroxylation sites is 2. The molecule has 4 aromatic rings. The van der Waals surface area contributed by atoms with Gasteiger partial charge in [-0.2, -0.15) is 5.10 Å². The molecule has 0 unspecified atom stereocenters. The van der Waals surface area contributed by atoms with Crippen LogP contribution in [0.25, 0.3) is 11.0 Å². The number of hydrogen-bond donors (Lipinski definition) is 2. The van der Waals surface area contributed by atoms with E-state index in [0.29, 0.717) is 26.8 Å². The highest BCUT2D eigenvalue weighted by atomic mass is 79.9. The number of benzene rings is 3. The summed E-state index contributed by atoms with van der Waals surface area (Å²) < 4.78 is 3.35. The molecule has 4 rings (SSSR count). The van der Waals surface area contributed by atoms with Gasteiger partial charge in [-0.1, -0.05) is 69.6 Å². The molecule has 0 atom stereocenters. The van der Waals surface area contributed by atoms with Gasteiger partial charge in [-0.05, 0) is 51.8 Å². The smallest absolute Gasteiger partial charge is 0.250 e. The molecule has 0 bridgehead atoms. The Morgan fingerprint density at radius 3 is 2.76 bits per heavy atom. The first-order valence-corrected chi connectivity index (χ1v) is 12.7. The lowest BCUT2D eigenvalue weighted by Gasteiger charge is -2.10. The van der Waals surface area contributed by atoms with Crippen molar-refractivity contribution >= 4 is 78.4 Å². The van der Waals surface area contributed by atoms with Crippen molar-refractivity contribution in [2.75, 3.05) is 5.75 Å². The Bertz CT molecular complexity index is 1360. The predicted molar refractivity (Wildman–Crippen MR) is 140 cm³/mol. The second kappa shape index (κ2) is 10.7. The van der Waals surface area contributed by atoms with Crippen molar-refractivity contribution in [2.24, 2.45) is 5.10 Å². The number of nitrogens with zero attached hydrogens (tertiary/aromatic N) is 3. The van der Waals surface area contributed by atoms with E-state index in [4.69, 9.17) is 16.6 Å². The van der Waals surface area contributed by atoms with Crippen molar-refractivity contribution in [1.82, 2.24) is 15.0 Å². The van der Waals surface area contributed by atoms with Crippen LogP contribution in [-0.2, 0) is 11.3 Å². The Kier molecular flexibility index (Phi) is 7.75. The highest BCUT2D eigenvalue weighted by Gasteiger charge is 2.14. The number of aromatic nitrogens is 2. The fraction of sp³-hybridized carbons (Fsp3) is 0.0870. The van der Waals surface area contributed by atoms with Crippen molar-refractivity contribution < 1.29 is 9.90 Å². The first-order valence-electron chi connectivity index (χ1n) is 9.74. The number of carbonyl (C=O) groups is 1. The van der Waals surface area contributed by atoms with Crippen LogP contribution in [0.1, 0.15) is 11.1 Å². The number of imidazole rings is 1. The summed E-state index contributed by atoms with van der Waals surface area (Å²) in [7, 11) is 0. The zero-order chi connectivity index (χ0) is 23.4. The Hall–Kier alpha value is -2.33. The Labute approximate surface area is 216 Å². The molecule has 1 aromatic heterocycles. The van der Waals surface area contributed by atoms with Crippen LogP contribution < -0.4 is 5.43 Å². The number of fused-ring (bicyclic) bond motifs is 1. The van der Waals surface area contributed by atoms with E-state index >= 15 is 0 Å². The number of phenolic OH excluding ortho intramolecular Hbond substituents is 1. The molecule has 0 spiro atoms. The lowest BCUT2D eigenvalue weighted by Crippen LogP contribution is -2.20. The zero-order valence-electron chi connectivity index (χ0n) is 17.0. The third kappa shape index (κ3) is 5.78. The quantitative estimate of drug-likeness (QED) is 0.149. The normalized spacial score (nSPS) is 11.4. The highest BCUT2D eigenvalue weighted by molar-refractivity contribution is 9.11. The van der Waals surface area contributed by atoms with Crippen molar-refractivity contribution in [3.63, 3.8) is 0 Å². The summed E-state index contributed by atoms with van der Waals surface area (Å²) >= 11 is 14.3. The Balaban J connectivity index is 1.47. The molecule has 10 heteroatoms. The first kappa shape index (κ1) is 23.8. The van der Waals surface area contributed by atoms with E-state index in [0.717, 1.165) is 21.1 Å². The molecule has 168 valence electrons. The van der Waals surface area contributed by atoms with Crippen LogP contribution in [0.4, 0.5) is 0 Å². The largest absolute Gasteiger partial charge is 0.506 e. The van der Waals surface area contributed by atoms with Gasteiger partial charge in [0.15, 0.2) is 5.16 Å². The molecule has 0 aliphatic rings. The van der Waals surface area contributed by atoms with E-state index < -0.39 is 0 Å². The summed E-state index contributed by atoms with van der Waals surface area (Å²) in [6.07, 6.45) is 1.39. The average molecular weight is 609 g/mol. The number of aromatic hydroxyl groups is 1. The van der Waals surface area contributed by atoms with Gasteiger partial charge in [-0.15, -0.1) is 0 Å². The number of halogens is 3.